The number of methoxy groups -OCH3 is 2. The number of H-pyrrole nitrogens is 1. The average molecular weight is 498 g/mol. The fourth-order valence-electron chi connectivity index (χ4n) is 4.75. The summed E-state index contributed by atoms with van der Waals surface area (Å²) < 4.78 is 16.4. The molecule has 0 aliphatic carbocycles. The summed E-state index contributed by atoms with van der Waals surface area (Å²) in [5.41, 5.74) is 5.29. The number of amides is 1. The van der Waals surface area contributed by atoms with Crippen LogP contribution < -0.4 is 14.2 Å². The van der Waals surface area contributed by atoms with Crippen molar-refractivity contribution < 1.29 is 19.0 Å². The molecule has 7 nitrogen and oxygen atoms in total. The number of rotatable bonds is 10. The molecule has 1 unspecified atom stereocenters. The Morgan fingerprint density at radius 1 is 0.865 bits per heavy atom. The summed E-state index contributed by atoms with van der Waals surface area (Å²) in [6, 6.07) is 23.5. The highest BCUT2D eigenvalue weighted by Crippen LogP contribution is 2.43. The van der Waals surface area contributed by atoms with Gasteiger partial charge < -0.3 is 19.1 Å². The van der Waals surface area contributed by atoms with E-state index in [1.54, 1.807) is 14.2 Å². The van der Waals surface area contributed by atoms with E-state index in [2.05, 4.69) is 17.1 Å². The Labute approximate surface area is 217 Å². The number of fused-ring (bicyclic) bond motifs is 1. The SMILES string of the molecule is CCCOc1ccc(C2c3c(-c4ccc(OC)cc4)n[nH]c3C(=O)N2CCc2ccc(OC)cc2)cc1. The molecule has 1 aliphatic rings. The highest BCUT2D eigenvalue weighted by atomic mass is 16.5. The van der Waals surface area contributed by atoms with Gasteiger partial charge >= 0.3 is 0 Å². The quantitative estimate of drug-likeness (QED) is 0.305. The van der Waals surface area contributed by atoms with E-state index in [0.29, 0.717) is 18.8 Å². The molecule has 0 spiro atoms. The summed E-state index contributed by atoms with van der Waals surface area (Å²) in [7, 11) is 3.30. The second-order valence-electron chi connectivity index (χ2n) is 9.01. The molecule has 37 heavy (non-hydrogen) atoms. The normalized spacial score (nSPS) is 14.5. The fraction of sp³-hybridized carbons (Fsp3) is 0.267. The van der Waals surface area contributed by atoms with Gasteiger partial charge in [0.25, 0.3) is 5.91 Å². The van der Waals surface area contributed by atoms with Gasteiger partial charge in [0.05, 0.1) is 32.6 Å². The zero-order valence-corrected chi connectivity index (χ0v) is 21.4. The Morgan fingerprint density at radius 2 is 1.49 bits per heavy atom. The van der Waals surface area contributed by atoms with Gasteiger partial charge in [-0.15, -0.1) is 0 Å². The van der Waals surface area contributed by atoms with E-state index in [1.807, 2.05) is 77.7 Å². The van der Waals surface area contributed by atoms with Crippen LogP contribution in [-0.4, -0.2) is 48.4 Å². The molecule has 5 rings (SSSR count). The van der Waals surface area contributed by atoms with Crippen LogP contribution in [0.15, 0.2) is 72.8 Å². The topological polar surface area (TPSA) is 76.7 Å². The third kappa shape index (κ3) is 4.89. The molecule has 0 fully saturated rings. The summed E-state index contributed by atoms with van der Waals surface area (Å²) in [5.74, 6) is 2.36. The smallest absolute Gasteiger partial charge is 0.273 e. The molecule has 1 aliphatic heterocycles. The number of ether oxygens (including phenoxy) is 3. The Balaban J connectivity index is 1.50. The number of carbonyl (C=O) groups is 1. The molecular formula is C30H31N3O4. The van der Waals surface area contributed by atoms with Crippen molar-refractivity contribution in [2.45, 2.75) is 25.8 Å². The lowest BCUT2D eigenvalue weighted by molar-refractivity contribution is 0.0746. The summed E-state index contributed by atoms with van der Waals surface area (Å²) in [6.45, 7) is 3.32. The lowest BCUT2D eigenvalue weighted by Gasteiger charge is -2.26. The van der Waals surface area contributed by atoms with Gasteiger partial charge in [0, 0.05) is 17.7 Å². The Bertz CT molecular complexity index is 1350. The molecule has 0 bridgehead atoms. The van der Waals surface area contributed by atoms with Crippen LogP contribution in [0.2, 0.25) is 0 Å². The predicted molar refractivity (Wildman–Crippen MR) is 142 cm³/mol. The van der Waals surface area contributed by atoms with Crippen LogP contribution >= 0.6 is 0 Å². The number of aromatic nitrogens is 2. The first-order valence-corrected chi connectivity index (χ1v) is 12.5. The summed E-state index contributed by atoms with van der Waals surface area (Å²) in [6.07, 6.45) is 1.67. The molecule has 7 heteroatoms. The maximum Gasteiger partial charge on any atom is 0.273 e. The zero-order chi connectivity index (χ0) is 25.8. The van der Waals surface area contributed by atoms with Gasteiger partial charge in [-0.25, -0.2) is 0 Å². The van der Waals surface area contributed by atoms with E-state index < -0.39 is 0 Å². The highest BCUT2D eigenvalue weighted by molar-refractivity contribution is 6.00. The van der Waals surface area contributed by atoms with Gasteiger partial charge in [-0.3, -0.25) is 9.89 Å². The molecule has 190 valence electrons. The maximum atomic E-state index is 13.6. The van der Waals surface area contributed by atoms with E-state index in [-0.39, 0.29) is 11.9 Å². The van der Waals surface area contributed by atoms with Crippen molar-refractivity contribution >= 4 is 5.91 Å². The molecule has 1 aromatic heterocycles. The van der Waals surface area contributed by atoms with Crippen LogP contribution in [0.3, 0.4) is 0 Å². The highest BCUT2D eigenvalue weighted by Gasteiger charge is 2.41. The molecule has 2 heterocycles. The first-order chi connectivity index (χ1) is 18.1. The third-order valence-corrected chi connectivity index (χ3v) is 6.70. The van der Waals surface area contributed by atoms with Crippen molar-refractivity contribution in [3.63, 3.8) is 0 Å². The Morgan fingerprint density at radius 3 is 2.11 bits per heavy atom. The first-order valence-electron chi connectivity index (χ1n) is 12.5. The second kappa shape index (κ2) is 10.8. The van der Waals surface area contributed by atoms with Gasteiger partial charge in [0.15, 0.2) is 0 Å². The monoisotopic (exact) mass is 497 g/mol. The van der Waals surface area contributed by atoms with Crippen LogP contribution in [0, 0.1) is 0 Å². The molecule has 0 saturated heterocycles. The molecule has 1 amide bonds. The average Bonchev–Trinajstić information content (AvgIpc) is 3.50. The van der Waals surface area contributed by atoms with Crippen molar-refractivity contribution in [2.75, 3.05) is 27.4 Å². The number of carbonyl (C=O) groups excluding carboxylic acids is 1. The van der Waals surface area contributed by atoms with E-state index in [0.717, 1.165) is 58.0 Å². The fourth-order valence-corrected chi connectivity index (χ4v) is 4.75. The molecule has 4 aromatic rings. The van der Waals surface area contributed by atoms with Crippen molar-refractivity contribution in [1.82, 2.24) is 15.1 Å². The van der Waals surface area contributed by atoms with E-state index in [1.165, 1.54) is 0 Å². The molecule has 1 N–H and O–H groups in total. The van der Waals surface area contributed by atoms with Crippen LogP contribution in [0.1, 0.15) is 46.6 Å². The number of nitrogens with zero attached hydrogens (tertiary/aromatic N) is 2. The first kappa shape index (κ1) is 24.4. The van der Waals surface area contributed by atoms with Gasteiger partial charge in [0.2, 0.25) is 0 Å². The number of aromatic amines is 1. The van der Waals surface area contributed by atoms with Gasteiger partial charge in [-0.1, -0.05) is 31.2 Å². The van der Waals surface area contributed by atoms with E-state index in [4.69, 9.17) is 14.2 Å². The number of benzene rings is 3. The van der Waals surface area contributed by atoms with Crippen molar-refractivity contribution in [2.24, 2.45) is 0 Å². The van der Waals surface area contributed by atoms with Crippen molar-refractivity contribution in [3.8, 4) is 28.5 Å². The maximum absolute atomic E-state index is 13.6. The third-order valence-electron chi connectivity index (χ3n) is 6.70. The molecule has 3 aromatic carbocycles. The molecular weight excluding hydrogens is 466 g/mol. The van der Waals surface area contributed by atoms with Crippen LogP contribution in [0.4, 0.5) is 0 Å². The van der Waals surface area contributed by atoms with E-state index in [9.17, 15) is 4.79 Å². The largest absolute Gasteiger partial charge is 0.497 e. The van der Waals surface area contributed by atoms with Crippen molar-refractivity contribution in [1.29, 1.82) is 0 Å². The Hall–Kier alpha value is -4.26. The summed E-state index contributed by atoms with van der Waals surface area (Å²) in [5, 5.41) is 7.60. The molecule has 0 saturated carbocycles. The van der Waals surface area contributed by atoms with Crippen LogP contribution in [0.25, 0.3) is 11.3 Å². The predicted octanol–water partition coefficient (Wildman–Crippen LogP) is 5.67. The zero-order valence-electron chi connectivity index (χ0n) is 21.4. The van der Waals surface area contributed by atoms with E-state index >= 15 is 0 Å². The lowest BCUT2D eigenvalue weighted by atomic mass is 9.95. The van der Waals surface area contributed by atoms with Gasteiger partial charge in [0.1, 0.15) is 22.9 Å². The van der Waals surface area contributed by atoms with Crippen molar-refractivity contribution in [3.05, 3.63) is 95.2 Å². The van der Waals surface area contributed by atoms with Gasteiger partial charge in [-0.05, 0) is 72.5 Å². The van der Waals surface area contributed by atoms with Crippen LogP contribution in [0.5, 0.6) is 17.2 Å². The number of hydrogen-bond donors (Lipinski definition) is 1. The Kier molecular flexibility index (Phi) is 7.12. The molecule has 0 radical (unpaired) electrons. The van der Waals surface area contributed by atoms with Crippen LogP contribution in [-0.2, 0) is 6.42 Å². The lowest BCUT2D eigenvalue weighted by Crippen LogP contribution is -2.31. The summed E-state index contributed by atoms with van der Waals surface area (Å²) >= 11 is 0. The molecule has 1 atom stereocenters. The number of nitrogens with one attached hydrogen (secondary N) is 1. The van der Waals surface area contributed by atoms with Gasteiger partial charge in [-0.2, -0.15) is 5.10 Å². The number of hydrogen-bond acceptors (Lipinski definition) is 5. The second-order valence-corrected chi connectivity index (χ2v) is 9.01. The minimum Gasteiger partial charge on any atom is -0.497 e. The minimum absolute atomic E-state index is 0.0490. The summed E-state index contributed by atoms with van der Waals surface area (Å²) in [4.78, 5) is 15.6. The minimum atomic E-state index is -0.267. The standard InChI is InChI=1S/C30H31N3O4/c1-4-19-37-25-15-9-22(10-16-25)29-26-27(21-7-13-24(36-3)14-8-21)31-32-28(26)30(34)33(29)18-17-20-5-11-23(35-2)12-6-20/h5-16,29H,4,17-19H2,1-3H3,(H,31,32).